The molecule has 0 saturated heterocycles. The Morgan fingerprint density at radius 1 is 1.47 bits per heavy atom. The molecular weight excluding hydrogens is 308 g/mol. The molecule has 0 N–H and O–H groups in total. The van der Waals surface area contributed by atoms with Gasteiger partial charge in [-0.15, -0.1) is 0 Å². The summed E-state index contributed by atoms with van der Waals surface area (Å²) in [5, 5.41) is 0. The van der Waals surface area contributed by atoms with Crippen molar-refractivity contribution < 1.29 is 14.3 Å². The van der Waals surface area contributed by atoms with E-state index in [0.717, 1.165) is 34.9 Å². The van der Waals surface area contributed by atoms with Gasteiger partial charge in [0.1, 0.15) is 11.9 Å². The van der Waals surface area contributed by atoms with Gasteiger partial charge in [-0.05, 0) is 44.4 Å². The van der Waals surface area contributed by atoms with Gasteiger partial charge < -0.3 is 9.47 Å². The second-order valence-corrected chi connectivity index (χ2v) is 5.81. The molecule has 1 aliphatic heterocycles. The smallest absolute Gasteiger partial charge is 0.170 e. The van der Waals surface area contributed by atoms with E-state index < -0.39 is 0 Å². The standard InChI is InChI=1S/C15H15BrO3/c1-2-18-13-7-10(9-17)6-11-12(16)8-15(4-3-5-15)19-14(11)13/h6-9H,2-5H2,1H3. The van der Waals surface area contributed by atoms with E-state index in [0.29, 0.717) is 17.9 Å². The zero-order valence-electron chi connectivity index (χ0n) is 10.7. The molecule has 19 heavy (non-hydrogen) atoms. The van der Waals surface area contributed by atoms with Crippen molar-refractivity contribution in [2.24, 2.45) is 0 Å². The molecule has 1 aromatic rings. The first-order valence-corrected chi connectivity index (χ1v) is 7.30. The summed E-state index contributed by atoms with van der Waals surface area (Å²) in [5.74, 6) is 1.40. The second-order valence-electron chi connectivity index (χ2n) is 4.96. The van der Waals surface area contributed by atoms with Crippen LogP contribution in [0.2, 0.25) is 0 Å². The summed E-state index contributed by atoms with van der Waals surface area (Å²) in [4.78, 5) is 11.0. The quantitative estimate of drug-likeness (QED) is 0.790. The maximum Gasteiger partial charge on any atom is 0.170 e. The molecule has 3 rings (SSSR count). The van der Waals surface area contributed by atoms with Gasteiger partial charge in [0.25, 0.3) is 0 Å². The molecule has 2 aliphatic rings. The lowest BCUT2D eigenvalue weighted by molar-refractivity contribution is 0.0349. The molecule has 0 bridgehead atoms. The van der Waals surface area contributed by atoms with E-state index in [2.05, 4.69) is 22.0 Å². The summed E-state index contributed by atoms with van der Waals surface area (Å²) in [6, 6.07) is 3.57. The van der Waals surface area contributed by atoms with Gasteiger partial charge in [0.2, 0.25) is 0 Å². The van der Waals surface area contributed by atoms with Crippen molar-refractivity contribution in [3.05, 3.63) is 29.3 Å². The summed E-state index contributed by atoms with van der Waals surface area (Å²) >= 11 is 3.60. The fourth-order valence-corrected chi connectivity index (χ4v) is 3.26. The zero-order chi connectivity index (χ0) is 13.5. The van der Waals surface area contributed by atoms with Gasteiger partial charge in [0, 0.05) is 15.6 Å². The molecule has 0 amide bonds. The van der Waals surface area contributed by atoms with Crippen molar-refractivity contribution in [2.75, 3.05) is 6.61 Å². The molecule has 0 unspecified atom stereocenters. The molecule has 0 radical (unpaired) electrons. The summed E-state index contributed by atoms with van der Waals surface area (Å²) < 4.78 is 12.8. The maximum absolute atomic E-state index is 11.0. The SMILES string of the molecule is CCOc1cc(C=O)cc2c1OC1(C=C2Br)CCC1. The van der Waals surface area contributed by atoms with Crippen LogP contribution in [0.5, 0.6) is 11.5 Å². The lowest BCUT2D eigenvalue weighted by Gasteiger charge is -2.43. The van der Waals surface area contributed by atoms with Crippen LogP contribution in [0.25, 0.3) is 4.48 Å². The monoisotopic (exact) mass is 322 g/mol. The minimum atomic E-state index is -0.180. The minimum Gasteiger partial charge on any atom is -0.490 e. The van der Waals surface area contributed by atoms with E-state index >= 15 is 0 Å². The lowest BCUT2D eigenvalue weighted by Crippen LogP contribution is -2.42. The predicted octanol–water partition coefficient (Wildman–Crippen LogP) is 3.95. The van der Waals surface area contributed by atoms with Crippen LogP contribution < -0.4 is 9.47 Å². The van der Waals surface area contributed by atoms with Crippen molar-refractivity contribution in [3.8, 4) is 11.5 Å². The Morgan fingerprint density at radius 2 is 2.26 bits per heavy atom. The fourth-order valence-electron chi connectivity index (χ4n) is 2.55. The number of halogens is 1. The molecule has 4 heteroatoms. The number of rotatable bonds is 3. The number of hydrogen-bond acceptors (Lipinski definition) is 3. The third kappa shape index (κ3) is 2.08. The van der Waals surface area contributed by atoms with Gasteiger partial charge in [-0.1, -0.05) is 15.9 Å². The molecule has 1 spiro atoms. The Balaban J connectivity index is 2.12. The maximum atomic E-state index is 11.0. The molecule has 1 aliphatic carbocycles. The highest BCUT2D eigenvalue weighted by Gasteiger charge is 2.41. The number of carbonyl (C=O) groups excluding carboxylic acids is 1. The van der Waals surface area contributed by atoms with Crippen LogP contribution in [0.4, 0.5) is 0 Å². The topological polar surface area (TPSA) is 35.5 Å². The van der Waals surface area contributed by atoms with Gasteiger partial charge >= 0.3 is 0 Å². The highest BCUT2D eigenvalue weighted by molar-refractivity contribution is 9.15. The molecule has 0 atom stereocenters. The Hall–Kier alpha value is -1.29. The molecule has 1 heterocycles. The minimum absolute atomic E-state index is 0.180. The van der Waals surface area contributed by atoms with Crippen LogP contribution in [0.1, 0.15) is 42.1 Å². The third-order valence-corrected chi connectivity index (χ3v) is 4.32. The van der Waals surface area contributed by atoms with E-state index in [1.807, 2.05) is 13.0 Å². The van der Waals surface area contributed by atoms with E-state index in [4.69, 9.17) is 9.47 Å². The number of aldehydes is 1. The van der Waals surface area contributed by atoms with Gasteiger partial charge in [-0.2, -0.15) is 0 Å². The van der Waals surface area contributed by atoms with Crippen LogP contribution in [-0.2, 0) is 0 Å². The van der Waals surface area contributed by atoms with Crippen LogP contribution >= 0.6 is 15.9 Å². The van der Waals surface area contributed by atoms with E-state index in [1.165, 1.54) is 6.42 Å². The average molecular weight is 323 g/mol. The number of hydrogen-bond donors (Lipinski definition) is 0. The molecule has 1 saturated carbocycles. The van der Waals surface area contributed by atoms with Crippen molar-refractivity contribution in [2.45, 2.75) is 31.8 Å². The van der Waals surface area contributed by atoms with E-state index in [1.54, 1.807) is 6.07 Å². The highest BCUT2D eigenvalue weighted by Crippen LogP contribution is 2.50. The van der Waals surface area contributed by atoms with Gasteiger partial charge in [-0.25, -0.2) is 0 Å². The Labute approximate surface area is 120 Å². The Bertz CT molecular complexity index is 559. The predicted molar refractivity (Wildman–Crippen MR) is 77.1 cm³/mol. The number of ether oxygens (including phenoxy) is 2. The van der Waals surface area contributed by atoms with Gasteiger partial charge in [0.05, 0.1) is 6.61 Å². The lowest BCUT2D eigenvalue weighted by atomic mass is 9.78. The Kier molecular flexibility index (Phi) is 3.13. The van der Waals surface area contributed by atoms with Crippen LogP contribution in [0.15, 0.2) is 18.2 Å². The van der Waals surface area contributed by atoms with Crippen molar-refractivity contribution >= 4 is 26.7 Å². The summed E-state index contributed by atoms with van der Waals surface area (Å²) in [5.41, 5.74) is 1.31. The summed E-state index contributed by atoms with van der Waals surface area (Å²) in [6.07, 6.45) is 6.19. The fraction of sp³-hybridized carbons (Fsp3) is 0.400. The third-order valence-electron chi connectivity index (χ3n) is 3.67. The molecule has 100 valence electrons. The first-order chi connectivity index (χ1) is 9.17. The van der Waals surface area contributed by atoms with Crippen LogP contribution in [0, 0.1) is 0 Å². The first-order valence-electron chi connectivity index (χ1n) is 6.51. The van der Waals surface area contributed by atoms with Crippen molar-refractivity contribution in [1.29, 1.82) is 0 Å². The summed E-state index contributed by atoms with van der Waals surface area (Å²) in [7, 11) is 0. The van der Waals surface area contributed by atoms with E-state index in [9.17, 15) is 4.79 Å². The molecule has 1 aromatic carbocycles. The van der Waals surface area contributed by atoms with Crippen LogP contribution in [-0.4, -0.2) is 18.5 Å². The number of fused-ring (bicyclic) bond motifs is 1. The van der Waals surface area contributed by atoms with Crippen molar-refractivity contribution in [1.82, 2.24) is 0 Å². The molecule has 3 nitrogen and oxygen atoms in total. The Morgan fingerprint density at radius 3 is 2.84 bits per heavy atom. The average Bonchev–Trinajstić information content (AvgIpc) is 2.37. The molecular formula is C15H15BrO3. The first kappa shape index (κ1) is 12.7. The van der Waals surface area contributed by atoms with Crippen molar-refractivity contribution in [3.63, 3.8) is 0 Å². The number of carbonyl (C=O) groups is 1. The van der Waals surface area contributed by atoms with Crippen LogP contribution in [0.3, 0.4) is 0 Å². The van der Waals surface area contributed by atoms with Gasteiger partial charge in [0.15, 0.2) is 11.5 Å². The van der Waals surface area contributed by atoms with Gasteiger partial charge in [-0.3, -0.25) is 4.79 Å². The largest absolute Gasteiger partial charge is 0.490 e. The summed E-state index contributed by atoms with van der Waals surface area (Å²) in [6.45, 7) is 2.47. The second kappa shape index (κ2) is 4.67. The molecule has 0 aromatic heterocycles. The normalized spacial score (nSPS) is 18.9. The number of benzene rings is 1. The highest BCUT2D eigenvalue weighted by atomic mass is 79.9. The zero-order valence-corrected chi connectivity index (χ0v) is 12.3. The van der Waals surface area contributed by atoms with E-state index in [-0.39, 0.29) is 5.60 Å². The molecule has 1 fully saturated rings.